The van der Waals surface area contributed by atoms with Gasteiger partial charge in [0.2, 0.25) is 5.88 Å². The van der Waals surface area contributed by atoms with Crippen molar-refractivity contribution < 1.29 is 23.8 Å². The molecule has 2 aliphatic rings. The van der Waals surface area contributed by atoms with Gasteiger partial charge in [-0.1, -0.05) is 17.7 Å². The number of aromatic nitrogens is 4. The maximum atomic E-state index is 14.1. The van der Waals surface area contributed by atoms with Crippen LogP contribution in [-0.4, -0.2) is 61.3 Å². The fourth-order valence-corrected chi connectivity index (χ4v) is 5.41. The molecule has 1 N–H and O–H groups in total. The summed E-state index contributed by atoms with van der Waals surface area (Å²) in [7, 11) is 0. The number of rotatable bonds is 9. The highest BCUT2D eigenvalue weighted by Crippen LogP contribution is 2.28. The van der Waals surface area contributed by atoms with Gasteiger partial charge in [-0.05, 0) is 81.1 Å². The fraction of sp³-hybridized carbons (Fsp3) is 0.379. The Bertz CT molecular complexity index is 1530. The largest absolute Gasteiger partial charge is 0.477 e. The number of halogens is 2. The summed E-state index contributed by atoms with van der Waals surface area (Å²) >= 11 is 5.83. The Kier molecular flexibility index (Phi) is 7.64. The van der Waals surface area contributed by atoms with Crippen LogP contribution in [-0.2, 0) is 24.2 Å². The molecule has 0 amide bonds. The minimum Gasteiger partial charge on any atom is -0.477 e. The predicted octanol–water partition coefficient (Wildman–Crippen LogP) is 5.35. The van der Waals surface area contributed by atoms with Crippen LogP contribution in [0.3, 0.4) is 0 Å². The quantitative estimate of drug-likeness (QED) is 0.290. The number of aromatic carboxylic acids is 1. The molecule has 0 spiro atoms. The van der Waals surface area contributed by atoms with E-state index in [-0.39, 0.29) is 17.5 Å². The highest BCUT2D eigenvalue weighted by atomic mass is 35.5. The summed E-state index contributed by atoms with van der Waals surface area (Å²) in [6.07, 6.45) is 3.89. The van der Waals surface area contributed by atoms with Crippen molar-refractivity contribution in [2.24, 2.45) is 5.92 Å². The second-order valence-electron chi connectivity index (χ2n) is 10.3. The summed E-state index contributed by atoms with van der Waals surface area (Å²) in [6, 6.07) is 13.1. The molecule has 2 fully saturated rings. The van der Waals surface area contributed by atoms with E-state index in [4.69, 9.17) is 26.1 Å². The Morgan fingerprint density at radius 3 is 2.65 bits per heavy atom. The first-order valence-corrected chi connectivity index (χ1v) is 13.8. The Hall–Kier alpha value is -3.60. The fourth-order valence-electron chi connectivity index (χ4n) is 5.26. The van der Waals surface area contributed by atoms with Crippen LogP contribution in [0.4, 0.5) is 4.39 Å². The number of hydrogen-bond acceptors (Lipinski definition) is 7. The van der Waals surface area contributed by atoms with Gasteiger partial charge in [0.25, 0.3) is 0 Å². The van der Waals surface area contributed by atoms with Gasteiger partial charge in [0, 0.05) is 23.4 Å². The monoisotopic (exact) mass is 565 g/mol. The average Bonchev–Trinajstić information content (AvgIpc) is 3.25. The number of pyridine rings is 2. The highest BCUT2D eigenvalue weighted by molar-refractivity contribution is 6.30. The first kappa shape index (κ1) is 26.6. The molecule has 0 unspecified atom stereocenters. The van der Waals surface area contributed by atoms with E-state index in [1.54, 1.807) is 18.2 Å². The summed E-state index contributed by atoms with van der Waals surface area (Å²) in [5.41, 5.74) is 2.21. The van der Waals surface area contributed by atoms with Crippen LogP contribution in [0, 0.1) is 11.7 Å². The molecular weight excluding hydrogens is 537 g/mol. The Balaban J connectivity index is 1.09. The average molecular weight is 566 g/mol. The van der Waals surface area contributed by atoms with Crippen LogP contribution < -0.4 is 4.74 Å². The van der Waals surface area contributed by atoms with Crippen molar-refractivity contribution in [3.63, 3.8) is 0 Å². The van der Waals surface area contributed by atoms with Gasteiger partial charge in [-0.25, -0.2) is 24.1 Å². The number of fused-ring (bicyclic) bond motifs is 1. The first-order valence-electron chi connectivity index (χ1n) is 13.4. The molecule has 40 heavy (non-hydrogen) atoms. The van der Waals surface area contributed by atoms with Crippen LogP contribution in [0.25, 0.3) is 11.2 Å². The molecule has 3 aromatic heterocycles. The van der Waals surface area contributed by atoms with Gasteiger partial charge in [0.05, 0.1) is 19.2 Å². The third-order valence-corrected chi connectivity index (χ3v) is 7.76. The smallest absolute Gasteiger partial charge is 0.354 e. The molecule has 1 atom stereocenters. The number of piperidine rings is 1. The third-order valence-electron chi connectivity index (χ3n) is 7.53. The number of carboxylic acid groups (broad SMARTS) is 1. The minimum absolute atomic E-state index is 0.0110. The number of carbonyl (C=O) groups is 1. The molecular formula is C29H29ClFN5O4. The van der Waals surface area contributed by atoms with Gasteiger partial charge in [0.15, 0.2) is 22.9 Å². The SMILES string of the molecule is O=C(O)c1ccc2nc(CN3CCC(Cc4cccc(Oc5ccc(Cl)cc5F)n4)CC3)n(C[C@@H]3CCO3)c2n1. The van der Waals surface area contributed by atoms with Crippen LogP contribution >= 0.6 is 11.6 Å². The molecule has 11 heteroatoms. The number of carboxylic acids is 1. The Morgan fingerprint density at radius 1 is 1.10 bits per heavy atom. The highest BCUT2D eigenvalue weighted by Gasteiger charge is 2.26. The zero-order chi connectivity index (χ0) is 27.6. The number of imidazole rings is 1. The van der Waals surface area contributed by atoms with Gasteiger partial charge in [-0.15, -0.1) is 0 Å². The summed E-state index contributed by atoms with van der Waals surface area (Å²) in [5, 5.41) is 9.73. The molecule has 9 nitrogen and oxygen atoms in total. The third kappa shape index (κ3) is 5.94. The second-order valence-corrected chi connectivity index (χ2v) is 10.8. The van der Waals surface area contributed by atoms with E-state index in [0.29, 0.717) is 41.1 Å². The van der Waals surface area contributed by atoms with E-state index in [9.17, 15) is 14.3 Å². The zero-order valence-electron chi connectivity index (χ0n) is 21.8. The molecule has 2 saturated heterocycles. The summed E-state index contributed by atoms with van der Waals surface area (Å²) in [5.74, 6) is 0.200. The van der Waals surface area contributed by atoms with E-state index in [2.05, 4.69) is 14.9 Å². The van der Waals surface area contributed by atoms with E-state index in [1.807, 2.05) is 16.7 Å². The van der Waals surface area contributed by atoms with E-state index in [1.165, 1.54) is 18.2 Å². The number of benzene rings is 1. The summed E-state index contributed by atoms with van der Waals surface area (Å²) in [4.78, 5) is 27.7. The first-order chi connectivity index (χ1) is 19.4. The number of likely N-dealkylation sites (tertiary alicyclic amines) is 1. The molecule has 4 aromatic rings. The number of ether oxygens (including phenoxy) is 2. The van der Waals surface area contributed by atoms with Gasteiger partial charge in [0.1, 0.15) is 11.3 Å². The van der Waals surface area contributed by atoms with Crippen LogP contribution in [0.15, 0.2) is 48.5 Å². The van der Waals surface area contributed by atoms with Gasteiger partial charge in [-0.3, -0.25) is 4.90 Å². The molecule has 2 aliphatic heterocycles. The van der Waals surface area contributed by atoms with Gasteiger partial charge < -0.3 is 19.1 Å². The van der Waals surface area contributed by atoms with Crippen molar-refractivity contribution in [3.8, 4) is 11.6 Å². The van der Waals surface area contributed by atoms with E-state index in [0.717, 1.165) is 56.9 Å². The molecule has 0 radical (unpaired) electrons. The van der Waals surface area contributed by atoms with Crippen LogP contribution in [0.1, 0.15) is 41.3 Å². The molecule has 0 aliphatic carbocycles. The lowest BCUT2D eigenvalue weighted by Gasteiger charge is -2.32. The molecule has 1 aromatic carbocycles. The summed E-state index contributed by atoms with van der Waals surface area (Å²) in [6.45, 7) is 3.84. The number of nitrogens with zero attached hydrogens (tertiary/aromatic N) is 5. The predicted molar refractivity (Wildman–Crippen MR) is 146 cm³/mol. The normalized spacial score (nSPS) is 18.1. The van der Waals surface area contributed by atoms with Crippen molar-refractivity contribution in [2.75, 3.05) is 19.7 Å². The maximum absolute atomic E-state index is 14.1. The summed E-state index contributed by atoms with van der Waals surface area (Å²) < 4.78 is 27.5. The Morgan fingerprint density at radius 2 is 1.93 bits per heavy atom. The number of hydrogen-bond donors (Lipinski definition) is 1. The van der Waals surface area contributed by atoms with Gasteiger partial charge in [-0.2, -0.15) is 0 Å². The molecule has 0 saturated carbocycles. The molecule has 6 rings (SSSR count). The lowest BCUT2D eigenvalue weighted by molar-refractivity contribution is -0.0593. The van der Waals surface area contributed by atoms with Gasteiger partial charge >= 0.3 is 5.97 Å². The standard InChI is InChI=1S/C29H29ClFN5O4/c30-19-4-7-25(22(31)15-19)40-27-3-1-2-20(32-27)14-18-8-11-35(12-9-18)17-26-33-23-5-6-24(29(37)38)34-28(23)36(26)16-21-10-13-39-21/h1-7,15,18,21H,8-14,16-17H2,(H,37,38)/t21-/m0/s1. The maximum Gasteiger partial charge on any atom is 0.354 e. The molecule has 0 bridgehead atoms. The van der Waals surface area contributed by atoms with Crippen LogP contribution in [0.5, 0.6) is 11.6 Å². The minimum atomic E-state index is -1.05. The lowest BCUT2D eigenvalue weighted by Crippen LogP contribution is -2.36. The molecule has 208 valence electrons. The zero-order valence-corrected chi connectivity index (χ0v) is 22.6. The van der Waals surface area contributed by atoms with Crippen molar-refractivity contribution in [1.82, 2.24) is 24.4 Å². The second kappa shape index (κ2) is 11.5. The van der Waals surface area contributed by atoms with Crippen molar-refractivity contribution in [1.29, 1.82) is 0 Å². The topological polar surface area (TPSA) is 103 Å². The lowest BCUT2D eigenvalue weighted by atomic mass is 9.92. The molecule has 5 heterocycles. The van der Waals surface area contributed by atoms with E-state index < -0.39 is 11.8 Å². The van der Waals surface area contributed by atoms with Crippen LogP contribution in [0.2, 0.25) is 5.02 Å². The Labute approximate surface area is 235 Å². The van der Waals surface area contributed by atoms with Crippen molar-refractivity contribution in [2.45, 2.75) is 44.9 Å². The van der Waals surface area contributed by atoms with Crippen molar-refractivity contribution in [3.05, 3.63) is 76.6 Å². The van der Waals surface area contributed by atoms with E-state index >= 15 is 0 Å². The van der Waals surface area contributed by atoms with Crippen molar-refractivity contribution >= 4 is 28.7 Å².